The van der Waals surface area contributed by atoms with Crippen molar-refractivity contribution in [3.05, 3.63) is 39.6 Å². The van der Waals surface area contributed by atoms with Gasteiger partial charge < -0.3 is 10.1 Å². The van der Waals surface area contributed by atoms with Crippen molar-refractivity contribution in [1.29, 1.82) is 0 Å². The molecule has 0 aliphatic heterocycles. The summed E-state index contributed by atoms with van der Waals surface area (Å²) >= 11 is 9.35. The number of aromatic nitrogens is 3. The number of hydrogen-bond acceptors (Lipinski definition) is 4. The first kappa shape index (κ1) is 14.5. The Bertz CT molecular complexity index is 546. The standard InChI is InChI=1S/C12H14BrClN4O/c1-19-5-4-15-7-9-8-18(17-16-9)10-2-3-12(14)11(13)6-10/h2-3,6,8,15H,4-5,7H2,1H3. The molecule has 1 aromatic heterocycles. The second-order valence-corrected chi connectivity index (χ2v) is 5.18. The van der Waals surface area contributed by atoms with Gasteiger partial charge in [0.2, 0.25) is 0 Å². The zero-order valence-electron chi connectivity index (χ0n) is 10.4. The average molecular weight is 346 g/mol. The highest BCUT2D eigenvalue weighted by Crippen LogP contribution is 2.24. The molecule has 7 heteroatoms. The molecule has 0 atom stereocenters. The van der Waals surface area contributed by atoms with Crippen molar-refractivity contribution < 1.29 is 4.74 Å². The number of ether oxygens (including phenoxy) is 1. The summed E-state index contributed by atoms with van der Waals surface area (Å²) in [5, 5.41) is 12.1. The van der Waals surface area contributed by atoms with Crippen LogP contribution in [0.1, 0.15) is 5.69 Å². The molecule has 19 heavy (non-hydrogen) atoms. The summed E-state index contributed by atoms with van der Waals surface area (Å²) in [4.78, 5) is 0. The van der Waals surface area contributed by atoms with Gasteiger partial charge in [-0.15, -0.1) is 5.10 Å². The third kappa shape index (κ3) is 4.01. The number of rotatable bonds is 6. The lowest BCUT2D eigenvalue weighted by molar-refractivity contribution is 0.199. The molecule has 5 nitrogen and oxygen atoms in total. The summed E-state index contributed by atoms with van der Waals surface area (Å²) in [6.45, 7) is 2.13. The van der Waals surface area contributed by atoms with E-state index in [9.17, 15) is 0 Å². The van der Waals surface area contributed by atoms with E-state index in [0.717, 1.165) is 22.4 Å². The van der Waals surface area contributed by atoms with Gasteiger partial charge in [-0.3, -0.25) is 0 Å². The van der Waals surface area contributed by atoms with Gasteiger partial charge in [-0.2, -0.15) is 0 Å². The zero-order valence-corrected chi connectivity index (χ0v) is 12.8. The van der Waals surface area contributed by atoms with Gasteiger partial charge in [0.15, 0.2) is 0 Å². The molecule has 0 bridgehead atoms. The monoisotopic (exact) mass is 344 g/mol. The maximum atomic E-state index is 5.96. The topological polar surface area (TPSA) is 52.0 Å². The molecule has 2 rings (SSSR count). The van der Waals surface area contributed by atoms with Crippen LogP contribution in [-0.2, 0) is 11.3 Å². The summed E-state index contributed by atoms with van der Waals surface area (Å²) < 4.78 is 7.51. The molecule has 1 N–H and O–H groups in total. The molecule has 0 radical (unpaired) electrons. The number of nitrogens with one attached hydrogen (secondary N) is 1. The average Bonchev–Trinajstić information content (AvgIpc) is 2.87. The van der Waals surface area contributed by atoms with Crippen molar-refractivity contribution in [2.75, 3.05) is 20.3 Å². The molecule has 0 fully saturated rings. The predicted octanol–water partition coefficient (Wildman–Crippen LogP) is 2.42. The number of methoxy groups -OCH3 is 1. The Balaban J connectivity index is 2.01. The van der Waals surface area contributed by atoms with Gasteiger partial charge in [-0.25, -0.2) is 4.68 Å². The molecular weight excluding hydrogens is 332 g/mol. The Kier molecular flexibility index (Phi) is 5.33. The minimum Gasteiger partial charge on any atom is -0.383 e. The van der Waals surface area contributed by atoms with Crippen LogP contribution >= 0.6 is 27.5 Å². The van der Waals surface area contributed by atoms with Crippen LogP contribution in [0, 0.1) is 0 Å². The summed E-state index contributed by atoms with van der Waals surface area (Å²) in [6.07, 6.45) is 1.88. The number of benzene rings is 1. The Morgan fingerprint density at radius 2 is 2.32 bits per heavy atom. The van der Waals surface area contributed by atoms with Gasteiger partial charge in [0.1, 0.15) is 0 Å². The molecule has 1 aromatic carbocycles. The molecule has 2 aromatic rings. The minimum absolute atomic E-state index is 0.665. The summed E-state index contributed by atoms with van der Waals surface area (Å²) in [6, 6.07) is 5.61. The van der Waals surface area contributed by atoms with E-state index in [-0.39, 0.29) is 0 Å². The van der Waals surface area contributed by atoms with Gasteiger partial charge in [0.25, 0.3) is 0 Å². The quantitative estimate of drug-likeness (QED) is 0.817. The molecule has 1 heterocycles. The Morgan fingerprint density at radius 3 is 3.05 bits per heavy atom. The first-order chi connectivity index (χ1) is 9.20. The van der Waals surface area contributed by atoms with Gasteiger partial charge in [-0.05, 0) is 34.1 Å². The highest BCUT2D eigenvalue weighted by Gasteiger charge is 2.04. The highest BCUT2D eigenvalue weighted by molar-refractivity contribution is 9.10. The molecular formula is C12H14BrClN4O. The molecule has 0 saturated carbocycles. The first-order valence-electron chi connectivity index (χ1n) is 5.77. The Hall–Kier alpha value is -0.950. The number of halogens is 2. The van der Waals surface area contributed by atoms with Gasteiger partial charge in [-0.1, -0.05) is 16.8 Å². The highest BCUT2D eigenvalue weighted by atomic mass is 79.9. The van der Waals surface area contributed by atoms with Crippen molar-refractivity contribution in [2.24, 2.45) is 0 Å². The van der Waals surface area contributed by atoms with Crippen LogP contribution in [0.2, 0.25) is 5.02 Å². The SMILES string of the molecule is COCCNCc1cn(-c2ccc(Cl)c(Br)c2)nn1. The van der Waals surface area contributed by atoms with Crippen LogP contribution in [0.3, 0.4) is 0 Å². The van der Waals surface area contributed by atoms with Crippen LogP contribution in [0.25, 0.3) is 5.69 Å². The second kappa shape index (κ2) is 7.00. The van der Waals surface area contributed by atoms with Crippen LogP contribution in [-0.4, -0.2) is 35.3 Å². The molecule has 0 saturated heterocycles. The van der Waals surface area contributed by atoms with E-state index < -0.39 is 0 Å². The smallest absolute Gasteiger partial charge is 0.0969 e. The molecule has 0 unspecified atom stereocenters. The molecule has 0 aliphatic rings. The maximum Gasteiger partial charge on any atom is 0.0969 e. The maximum absolute atomic E-state index is 5.96. The van der Waals surface area contributed by atoms with Crippen LogP contribution in [0.4, 0.5) is 0 Å². The third-order valence-corrected chi connectivity index (χ3v) is 3.71. The lowest BCUT2D eigenvalue weighted by atomic mass is 10.3. The van der Waals surface area contributed by atoms with E-state index >= 15 is 0 Å². The van der Waals surface area contributed by atoms with Crippen molar-refractivity contribution >= 4 is 27.5 Å². The summed E-state index contributed by atoms with van der Waals surface area (Å²) in [5.41, 5.74) is 1.79. The third-order valence-electron chi connectivity index (χ3n) is 2.50. The van der Waals surface area contributed by atoms with E-state index in [1.54, 1.807) is 11.8 Å². The first-order valence-corrected chi connectivity index (χ1v) is 6.94. The summed E-state index contributed by atoms with van der Waals surface area (Å²) in [5.74, 6) is 0. The van der Waals surface area contributed by atoms with Crippen molar-refractivity contribution in [2.45, 2.75) is 6.54 Å². The largest absolute Gasteiger partial charge is 0.383 e. The van der Waals surface area contributed by atoms with E-state index in [1.165, 1.54) is 0 Å². The molecule has 0 aliphatic carbocycles. The normalized spacial score (nSPS) is 10.9. The fraction of sp³-hybridized carbons (Fsp3) is 0.333. The molecule has 102 valence electrons. The van der Waals surface area contributed by atoms with Crippen LogP contribution < -0.4 is 5.32 Å². The van der Waals surface area contributed by atoms with E-state index in [1.807, 2.05) is 24.4 Å². The zero-order chi connectivity index (χ0) is 13.7. The van der Waals surface area contributed by atoms with Crippen LogP contribution in [0.15, 0.2) is 28.9 Å². The molecule has 0 spiro atoms. The minimum atomic E-state index is 0.665. The Labute approximate surface area is 125 Å². The Morgan fingerprint density at radius 1 is 1.47 bits per heavy atom. The predicted molar refractivity (Wildman–Crippen MR) is 77.7 cm³/mol. The van der Waals surface area contributed by atoms with Gasteiger partial charge in [0.05, 0.1) is 29.2 Å². The second-order valence-electron chi connectivity index (χ2n) is 3.92. The fourth-order valence-corrected chi connectivity index (χ4v) is 2.01. The van der Waals surface area contributed by atoms with Crippen LogP contribution in [0.5, 0.6) is 0 Å². The van der Waals surface area contributed by atoms with Crippen molar-refractivity contribution in [3.8, 4) is 5.69 Å². The van der Waals surface area contributed by atoms with E-state index in [0.29, 0.717) is 18.2 Å². The van der Waals surface area contributed by atoms with E-state index in [4.69, 9.17) is 16.3 Å². The molecule has 0 amide bonds. The lowest BCUT2D eigenvalue weighted by Gasteiger charge is -2.02. The van der Waals surface area contributed by atoms with Crippen molar-refractivity contribution in [1.82, 2.24) is 20.3 Å². The van der Waals surface area contributed by atoms with Gasteiger partial charge >= 0.3 is 0 Å². The summed E-state index contributed by atoms with van der Waals surface area (Å²) in [7, 11) is 1.68. The fourth-order valence-electron chi connectivity index (χ4n) is 1.52. The van der Waals surface area contributed by atoms with Crippen molar-refractivity contribution in [3.63, 3.8) is 0 Å². The van der Waals surface area contributed by atoms with E-state index in [2.05, 4.69) is 31.6 Å². The number of nitrogens with zero attached hydrogens (tertiary/aromatic N) is 3. The van der Waals surface area contributed by atoms with Gasteiger partial charge in [0, 0.05) is 24.7 Å². The lowest BCUT2D eigenvalue weighted by Crippen LogP contribution is -2.18. The number of hydrogen-bond donors (Lipinski definition) is 1.